The highest BCUT2D eigenvalue weighted by molar-refractivity contribution is 9.12. The molecule has 0 spiro atoms. The lowest BCUT2D eigenvalue weighted by Gasteiger charge is -2.25. The van der Waals surface area contributed by atoms with E-state index in [1.807, 2.05) is 0 Å². The Bertz CT molecular complexity index is 166. The first-order valence-electron chi connectivity index (χ1n) is 4.86. The average Bonchev–Trinajstić information content (AvgIpc) is 2.27. The van der Waals surface area contributed by atoms with E-state index >= 15 is 0 Å². The van der Waals surface area contributed by atoms with Crippen molar-refractivity contribution in [1.82, 2.24) is 0 Å². The Morgan fingerprint density at radius 3 is 1.31 bits per heavy atom. The van der Waals surface area contributed by atoms with Crippen LogP contribution >= 0.6 is 63.7 Å². The highest BCUT2D eigenvalue weighted by Gasteiger charge is 2.27. The van der Waals surface area contributed by atoms with Gasteiger partial charge in [-0.1, -0.05) is 63.7 Å². The summed E-state index contributed by atoms with van der Waals surface area (Å²) in [5, 5.41) is 30.5. The number of rotatable bonds is 8. The lowest BCUT2D eigenvalue weighted by atomic mass is 10.0. The van der Waals surface area contributed by atoms with Gasteiger partial charge in [0.15, 0.2) is 0 Å². The van der Waals surface area contributed by atoms with Crippen molar-refractivity contribution in [2.24, 2.45) is 0 Å². The number of halogens is 4. The van der Waals surface area contributed by atoms with Gasteiger partial charge in [-0.15, -0.1) is 0 Å². The quantitative estimate of drug-likeness (QED) is 0.456. The molecule has 0 aromatic heterocycles. The molecule has 0 amide bonds. The van der Waals surface area contributed by atoms with Crippen LogP contribution in [0.15, 0.2) is 0 Å². The second-order valence-corrected chi connectivity index (χ2v) is 7.48. The van der Waals surface area contributed by atoms with Crippen LogP contribution in [0.3, 0.4) is 0 Å². The zero-order valence-corrected chi connectivity index (χ0v) is 14.9. The van der Waals surface area contributed by atoms with Crippen LogP contribution in [-0.4, -0.2) is 53.9 Å². The average molecular weight is 492 g/mol. The summed E-state index contributed by atoms with van der Waals surface area (Å²) < 4.78 is 0. The van der Waals surface area contributed by atoms with Crippen LogP contribution in [0.1, 0.15) is 12.8 Å². The van der Waals surface area contributed by atoms with E-state index in [9.17, 15) is 15.3 Å². The van der Waals surface area contributed by atoms with Crippen LogP contribution in [0.5, 0.6) is 0 Å². The normalized spacial score (nSPS) is 21.2. The summed E-state index contributed by atoms with van der Waals surface area (Å²) in [6, 6.07) is 0. The fourth-order valence-corrected chi connectivity index (χ4v) is 2.48. The summed E-state index contributed by atoms with van der Waals surface area (Å²) in [7, 11) is 0. The molecular weight excluding hydrogens is 476 g/mol. The lowest BCUT2D eigenvalue weighted by Crippen LogP contribution is -2.40. The van der Waals surface area contributed by atoms with Gasteiger partial charge in [0, 0.05) is 20.3 Å². The molecule has 98 valence electrons. The topological polar surface area (TPSA) is 60.7 Å². The lowest BCUT2D eigenvalue weighted by molar-refractivity contribution is -0.0627. The van der Waals surface area contributed by atoms with Gasteiger partial charge >= 0.3 is 0 Å². The van der Waals surface area contributed by atoms with E-state index in [1.165, 1.54) is 0 Å². The first-order chi connectivity index (χ1) is 7.42. The van der Waals surface area contributed by atoms with Gasteiger partial charge in [-0.05, 0) is 12.8 Å². The minimum Gasteiger partial charge on any atom is -0.390 e. The maximum absolute atomic E-state index is 9.70. The molecule has 7 heteroatoms. The van der Waals surface area contributed by atoms with E-state index in [1.54, 1.807) is 0 Å². The Hall–Kier alpha value is 1.80. The molecule has 4 unspecified atom stereocenters. The van der Waals surface area contributed by atoms with Crippen molar-refractivity contribution in [2.75, 3.05) is 10.7 Å². The molecule has 0 aliphatic rings. The van der Waals surface area contributed by atoms with E-state index in [2.05, 4.69) is 63.7 Å². The second kappa shape index (κ2) is 9.69. The summed E-state index contributed by atoms with van der Waals surface area (Å²) in [5.41, 5.74) is 0. The van der Waals surface area contributed by atoms with E-state index in [-0.39, 0.29) is 9.65 Å². The minimum atomic E-state index is -1.11. The van der Waals surface area contributed by atoms with Crippen molar-refractivity contribution in [1.29, 1.82) is 0 Å². The molecule has 0 bridgehead atoms. The predicted octanol–water partition coefficient (Wildman–Crippen LogP) is 2.17. The number of hydrogen-bond donors (Lipinski definition) is 3. The summed E-state index contributed by atoms with van der Waals surface area (Å²) in [5.74, 6) is 0. The fraction of sp³-hybridized carbons (Fsp3) is 1.00. The van der Waals surface area contributed by atoms with Crippen molar-refractivity contribution < 1.29 is 15.3 Å². The van der Waals surface area contributed by atoms with E-state index in [0.717, 1.165) is 0 Å². The molecule has 0 fully saturated rings. The maximum atomic E-state index is 9.70. The Morgan fingerprint density at radius 2 is 1.06 bits per heavy atom. The van der Waals surface area contributed by atoms with Gasteiger partial charge in [0.25, 0.3) is 0 Å². The highest BCUT2D eigenvalue weighted by Crippen LogP contribution is 2.19. The van der Waals surface area contributed by atoms with Gasteiger partial charge in [0.1, 0.15) is 6.10 Å². The zero-order valence-electron chi connectivity index (χ0n) is 8.57. The van der Waals surface area contributed by atoms with Crippen molar-refractivity contribution in [3.8, 4) is 0 Å². The first-order valence-corrected chi connectivity index (χ1v) is 8.94. The van der Waals surface area contributed by atoms with Crippen molar-refractivity contribution in [3.05, 3.63) is 0 Å². The number of alkyl halides is 4. The zero-order chi connectivity index (χ0) is 12.7. The SMILES string of the molecule is OC(CC(Br)CBr)C(O)C(O)CC(Br)CBr. The van der Waals surface area contributed by atoms with Gasteiger partial charge in [-0.25, -0.2) is 0 Å². The van der Waals surface area contributed by atoms with Gasteiger partial charge in [-0.3, -0.25) is 0 Å². The summed E-state index contributed by atoms with van der Waals surface area (Å²) in [6.07, 6.45) is -2.17. The van der Waals surface area contributed by atoms with E-state index in [0.29, 0.717) is 23.5 Å². The largest absolute Gasteiger partial charge is 0.390 e. The third-order valence-electron chi connectivity index (χ3n) is 2.12. The molecule has 0 rings (SSSR count). The third kappa shape index (κ3) is 7.28. The molecule has 0 saturated carbocycles. The van der Waals surface area contributed by atoms with Crippen molar-refractivity contribution >= 4 is 63.7 Å². The fourth-order valence-electron chi connectivity index (χ4n) is 1.19. The van der Waals surface area contributed by atoms with Crippen molar-refractivity contribution in [2.45, 2.75) is 40.8 Å². The molecule has 4 atom stereocenters. The molecule has 0 radical (unpaired) electrons. The molecule has 0 aliphatic carbocycles. The molecule has 0 heterocycles. The molecule has 3 N–H and O–H groups in total. The van der Waals surface area contributed by atoms with Crippen LogP contribution < -0.4 is 0 Å². The van der Waals surface area contributed by atoms with Crippen LogP contribution in [-0.2, 0) is 0 Å². The second-order valence-electron chi connectivity index (χ2n) is 3.60. The van der Waals surface area contributed by atoms with Gasteiger partial charge in [-0.2, -0.15) is 0 Å². The van der Waals surface area contributed by atoms with Crippen LogP contribution in [0, 0.1) is 0 Å². The van der Waals surface area contributed by atoms with Crippen LogP contribution in [0.4, 0.5) is 0 Å². The molecule has 0 aromatic carbocycles. The summed E-state index contributed by atoms with van der Waals surface area (Å²) >= 11 is 13.2. The predicted molar refractivity (Wildman–Crippen MR) is 80.3 cm³/mol. The first kappa shape index (κ1) is 17.8. The van der Waals surface area contributed by atoms with Gasteiger partial charge < -0.3 is 15.3 Å². The molecular formula is C9H16Br4O3. The van der Waals surface area contributed by atoms with Crippen LogP contribution in [0.2, 0.25) is 0 Å². The summed E-state index contributed by atoms with van der Waals surface area (Å²) in [6.45, 7) is 0. The Balaban J connectivity index is 4.05. The molecule has 3 nitrogen and oxygen atoms in total. The molecule has 0 aromatic rings. The molecule has 0 aliphatic heterocycles. The third-order valence-corrected chi connectivity index (χ3v) is 6.81. The Morgan fingerprint density at radius 1 is 0.750 bits per heavy atom. The summed E-state index contributed by atoms with van der Waals surface area (Å²) in [4.78, 5) is 0.167. The smallest absolute Gasteiger partial charge is 0.106 e. The molecule has 0 saturated heterocycles. The van der Waals surface area contributed by atoms with Crippen molar-refractivity contribution in [3.63, 3.8) is 0 Å². The van der Waals surface area contributed by atoms with Crippen LogP contribution in [0.25, 0.3) is 0 Å². The minimum absolute atomic E-state index is 0.0836. The van der Waals surface area contributed by atoms with E-state index < -0.39 is 18.3 Å². The highest BCUT2D eigenvalue weighted by atomic mass is 79.9. The van der Waals surface area contributed by atoms with E-state index in [4.69, 9.17) is 0 Å². The number of hydrogen-bond acceptors (Lipinski definition) is 3. The molecule has 16 heavy (non-hydrogen) atoms. The standard InChI is InChI=1S/C9H16Br4O3/c10-3-5(12)1-7(14)9(16)8(15)2-6(13)4-11/h5-9,14-16H,1-4H2. The number of aliphatic hydroxyl groups is 3. The van der Waals surface area contributed by atoms with Gasteiger partial charge in [0.2, 0.25) is 0 Å². The maximum Gasteiger partial charge on any atom is 0.106 e. The Labute approximate surface area is 130 Å². The monoisotopic (exact) mass is 488 g/mol. The van der Waals surface area contributed by atoms with Gasteiger partial charge in [0.05, 0.1) is 12.2 Å². The Kier molecular flexibility index (Phi) is 10.8. The number of aliphatic hydroxyl groups excluding tert-OH is 3.